The lowest BCUT2D eigenvalue weighted by atomic mass is 9.32. The summed E-state index contributed by atoms with van der Waals surface area (Å²) in [7, 11) is 0. The SMILES string of the molecule is C=CCN(CC#C[C@H](O)[C@]12CC[C@@H](C(=C)C)[C@@H]1[C@H]1CC[C@@H]3[C@@]4(C)CC[C@H](OC(C)=O)C(C)(C)[C@@H]4CC[C@@]3(C)[C@]1(C)CC2)CC=C. The van der Waals surface area contributed by atoms with E-state index in [0.717, 1.165) is 45.2 Å². The van der Waals surface area contributed by atoms with Crippen molar-refractivity contribution in [3.63, 3.8) is 0 Å². The summed E-state index contributed by atoms with van der Waals surface area (Å²) in [5.74, 6) is 9.28. The number of hydrogen-bond donors (Lipinski definition) is 1. The fraction of sp³-hybridized carbons (Fsp3) is 0.780. The van der Waals surface area contributed by atoms with E-state index in [9.17, 15) is 9.90 Å². The molecule has 5 aliphatic carbocycles. The molecule has 4 nitrogen and oxygen atoms in total. The van der Waals surface area contributed by atoms with Crippen molar-refractivity contribution in [1.29, 1.82) is 0 Å². The molecule has 0 aromatic heterocycles. The first kappa shape index (κ1) is 34.5. The highest BCUT2D eigenvalue weighted by atomic mass is 16.5. The molecule has 0 unspecified atom stereocenters. The average molecular weight is 618 g/mol. The van der Waals surface area contributed by atoms with E-state index in [4.69, 9.17) is 4.74 Å². The molecule has 5 fully saturated rings. The fourth-order valence-corrected chi connectivity index (χ4v) is 13.0. The van der Waals surface area contributed by atoms with Crippen molar-refractivity contribution in [2.24, 2.45) is 56.7 Å². The maximum Gasteiger partial charge on any atom is 0.302 e. The number of fused-ring (bicyclic) bond motifs is 7. The van der Waals surface area contributed by atoms with E-state index in [-0.39, 0.29) is 39.1 Å². The Bertz CT molecular complexity index is 1230. The first-order valence-electron chi connectivity index (χ1n) is 18.1. The molecule has 45 heavy (non-hydrogen) atoms. The maximum atomic E-state index is 12.0. The second-order valence-corrected chi connectivity index (χ2v) is 17.4. The molecule has 250 valence electrons. The van der Waals surface area contributed by atoms with Gasteiger partial charge in [-0.2, -0.15) is 0 Å². The third kappa shape index (κ3) is 5.31. The average Bonchev–Trinajstić information content (AvgIpc) is 3.36. The number of allylic oxidation sites excluding steroid dienone is 1. The number of carbonyl (C=O) groups is 1. The zero-order valence-electron chi connectivity index (χ0n) is 29.7. The van der Waals surface area contributed by atoms with E-state index >= 15 is 0 Å². The summed E-state index contributed by atoms with van der Waals surface area (Å²) < 4.78 is 5.95. The number of carbonyl (C=O) groups excluding carboxylic acids is 1. The van der Waals surface area contributed by atoms with Gasteiger partial charge in [-0.05, 0) is 117 Å². The minimum Gasteiger partial charge on any atom is -0.462 e. The van der Waals surface area contributed by atoms with Gasteiger partial charge in [0.15, 0.2) is 0 Å². The minimum absolute atomic E-state index is 0.0117. The second-order valence-electron chi connectivity index (χ2n) is 17.4. The van der Waals surface area contributed by atoms with Crippen LogP contribution in [-0.2, 0) is 9.53 Å². The maximum absolute atomic E-state index is 12.0. The van der Waals surface area contributed by atoms with Crippen LogP contribution in [0, 0.1) is 68.5 Å². The Morgan fingerprint density at radius 2 is 1.60 bits per heavy atom. The summed E-state index contributed by atoms with van der Waals surface area (Å²) in [6.45, 7) is 31.0. The van der Waals surface area contributed by atoms with Gasteiger partial charge < -0.3 is 9.84 Å². The topological polar surface area (TPSA) is 49.8 Å². The van der Waals surface area contributed by atoms with Crippen LogP contribution in [0.4, 0.5) is 0 Å². The van der Waals surface area contributed by atoms with Crippen LogP contribution in [0.25, 0.3) is 0 Å². The molecule has 0 radical (unpaired) electrons. The summed E-state index contributed by atoms with van der Waals surface area (Å²) >= 11 is 0. The van der Waals surface area contributed by atoms with Crippen LogP contribution >= 0.6 is 0 Å². The van der Waals surface area contributed by atoms with Gasteiger partial charge in [-0.1, -0.05) is 70.8 Å². The van der Waals surface area contributed by atoms with Crippen LogP contribution in [0.2, 0.25) is 0 Å². The summed E-state index contributed by atoms with van der Waals surface area (Å²) in [4.78, 5) is 14.2. The van der Waals surface area contributed by atoms with Crippen LogP contribution in [0.15, 0.2) is 37.5 Å². The first-order chi connectivity index (χ1) is 21.1. The molecule has 4 heteroatoms. The van der Waals surface area contributed by atoms with Gasteiger partial charge >= 0.3 is 5.97 Å². The van der Waals surface area contributed by atoms with Crippen molar-refractivity contribution in [3.05, 3.63) is 37.5 Å². The summed E-state index contributed by atoms with van der Waals surface area (Å²) in [6, 6.07) is 0. The zero-order valence-corrected chi connectivity index (χ0v) is 29.7. The Morgan fingerprint density at radius 1 is 0.911 bits per heavy atom. The van der Waals surface area contributed by atoms with Gasteiger partial charge in [0.05, 0.1) is 6.54 Å². The molecule has 0 saturated heterocycles. The molecule has 0 amide bonds. The molecule has 0 aromatic rings. The molecule has 1 N–H and O–H groups in total. The molecular weight excluding hydrogens is 554 g/mol. The minimum atomic E-state index is -0.609. The number of nitrogens with zero attached hydrogens (tertiary/aromatic N) is 1. The largest absolute Gasteiger partial charge is 0.462 e. The standard InChI is InChI=1S/C41H63NO3/c1-11-25-42(26-12-2)27-13-14-34(44)41-22-17-30(28(3)4)36(41)31-15-16-33-38(8)20-19-35(45-29(5)43)37(6,7)32(38)18-21-40(33,10)39(31,9)23-24-41/h11-12,30-36,44H,1-3,15-27H2,4-10H3/t30-,31+,32-,33+,34-,35-,36+,38-,39+,40+,41+/m0/s1. The van der Waals surface area contributed by atoms with Crippen LogP contribution < -0.4 is 0 Å². The molecule has 0 aliphatic heterocycles. The normalized spacial score (nSPS) is 43.8. The number of esters is 1. The van der Waals surface area contributed by atoms with Crippen LogP contribution in [0.3, 0.4) is 0 Å². The van der Waals surface area contributed by atoms with E-state index in [1.165, 1.54) is 37.7 Å². The molecule has 0 aromatic carbocycles. The molecule has 0 spiro atoms. The van der Waals surface area contributed by atoms with Gasteiger partial charge in [-0.15, -0.1) is 13.2 Å². The highest BCUT2D eigenvalue weighted by Crippen LogP contribution is 2.78. The quantitative estimate of drug-likeness (QED) is 0.168. The van der Waals surface area contributed by atoms with Crippen LogP contribution in [-0.4, -0.2) is 47.8 Å². The number of aliphatic hydroxyl groups excluding tert-OH is 1. The molecule has 5 aliphatic rings. The van der Waals surface area contributed by atoms with Crippen molar-refractivity contribution >= 4 is 5.97 Å². The third-order valence-electron chi connectivity index (χ3n) is 15.2. The zero-order chi connectivity index (χ0) is 33.0. The van der Waals surface area contributed by atoms with Gasteiger partial charge in [0, 0.05) is 30.8 Å². The molecule has 0 bridgehead atoms. The second kappa shape index (κ2) is 12.3. The van der Waals surface area contributed by atoms with E-state index < -0.39 is 6.10 Å². The van der Waals surface area contributed by atoms with E-state index in [1.807, 2.05) is 12.2 Å². The van der Waals surface area contributed by atoms with Crippen molar-refractivity contribution < 1.29 is 14.6 Å². The molecular formula is C41H63NO3. The van der Waals surface area contributed by atoms with E-state index in [2.05, 4.69) is 78.0 Å². The van der Waals surface area contributed by atoms with Crippen molar-refractivity contribution in [2.45, 2.75) is 125 Å². The lowest BCUT2D eigenvalue weighted by Gasteiger charge is -2.73. The van der Waals surface area contributed by atoms with Crippen molar-refractivity contribution in [3.8, 4) is 11.8 Å². The van der Waals surface area contributed by atoms with Crippen LogP contribution in [0.5, 0.6) is 0 Å². The molecule has 5 saturated carbocycles. The number of ether oxygens (including phenoxy) is 1. The smallest absolute Gasteiger partial charge is 0.302 e. The highest BCUT2D eigenvalue weighted by molar-refractivity contribution is 5.66. The Labute approximate surface area is 275 Å². The molecule has 11 atom stereocenters. The first-order valence-corrected chi connectivity index (χ1v) is 18.1. The van der Waals surface area contributed by atoms with Gasteiger partial charge in [-0.3, -0.25) is 9.69 Å². The van der Waals surface area contributed by atoms with Gasteiger partial charge in [0.2, 0.25) is 0 Å². The lowest BCUT2D eigenvalue weighted by Crippen LogP contribution is -2.67. The number of hydrogen-bond acceptors (Lipinski definition) is 4. The Morgan fingerprint density at radius 3 is 2.22 bits per heavy atom. The van der Waals surface area contributed by atoms with Crippen LogP contribution in [0.1, 0.15) is 113 Å². The Hall–Kier alpha value is -1.83. The van der Waals surface area contributed by atoms with Crippen molar-refractivity contribution in [2.75, 3.05) is 19.6 Å². The van der Waals surface area contributed by atoms with E-state index in [1.54, 1.807) is 6.92 Å². The van der Waals surface area contributed by atoms with Crippen molar-refractivity contribution in [1.82, 2.24) is 4.90 Å². The molecule has 0 heterocycles. The summed E-state index contributed by atoms with van der Waals surface area (Å²) in [5, 5.41) is 12.0. The summed E-state index contributed by atoms with van der Waals surface area (Å²) in [6.07, 6.45) is 14.7. The van der Waals surface area contributed by atoms with Gasteiger partial charge in [0.25, 0.3) is 0 Å². The van der Waals surface area contributed by atoms with E-state index in [0.29, 0.717) is 36.1 Å². The highest BCUT2D eigenvalue weighted by Gasteiger charge is 2.71. The lowest BCUT2D eigenvalue weighted by molar-refractivity contribution is -0.253. The Kier molecular flexibility index (Phi) is 9.45. The predicted molar refractivity (Wildman–Crippen MR) is 185 cm³/mol. The predicted octanol–water partition coefficient (Wildman–Crippen LogP) is 8.61. The third-order valence-corrected chi connectivity index (χ3v) is 15.2. The summed E-state index contributed by atoms with van der Waals surface area (Å²) in [5.41, 5.74) is 1.81. The monoisotopic (exact) mass is 617 g/mol. The number of aliphatic hydroxyl groups is 1. The Balaban J connectivity index is 1.46. The molecule has 5 rings (SSSR count). The van der Waals surface area contributed by atoms with Gasteiger partial charge in [-0.25, -0.2) is 0 Å². The number of rotatable bonds is 8. The van der Waals surface area contributed by atoms with Gasteiger partial charge in [0.1, 0.15) is 12.2 Å². The fourth-order valence-electron chi connectivity index (χ4n) is 13.0.